The molecule has 0 spiro atoms. The van der Waals surface area contributed by atoms with Gasteiger partial charge in [-0.1, -0.05) is 31.1 Å². The zero-order valence-electron chi connectivity index (χ0n) is 15.3. The van der Waals surface area contributed by atoms with Gasteiger partial charge in [-0.2, -0.15) is 4.98 Å². The number of nitrogens with one attached hydrogen (secondary N) is 1. The van der Waals surface area contributed by atoms with Crippen LogP contribution in [0.15, 0.2) is 53.1 Å². The first-order valence-electron chi connectivity index (χ1n) is 8.53. The lowest BCUT2D eigenvalue weighted by molar-refractivity contribution is 0.0910. The molecule has 0 saturated heterocycles. The van der Waals surface area contributed by atoms with Gasteiger partial charge in [0, 0.05) is 5.56 Å². The zero-order chi connectivity index (χ0) is 19.4. The molecule has 0 aliphatic heterocycles. The first-order chi connectivity index (χ1) is 13.0. The van der Waals surface area contributed by atoms with E-state index in [1.165, 1.54) is 18.2 Å². The zero-order valence-corrected chi connectivity index (χ0v) is 15.3. The molecule has 6 nitrogen and oxygen atoms in total. The fourth-order valence-electron chi connectivity index (χ4n) is 2.60. The van der Waals surface area contributed by atoms with E-state index in [1.807, 2.05) is 26.0 Å². The summed E-state index contributed by atoms with van der Waals surface area (Å²) >= 11 is 0. The minimum absolute atomic E-state index is 0.0296. The molecule has 0 saturated carbocycles. The molecular weight excluding hydrogens is 349 g/mol. The first-order valence-corrected chi connectivity index (χ1v) is 8.53. The van der Waals surface area contributed by atoms with Crippen LogP contribution in [0.1, 0.15) is 36.1 Å². The van der Waals surface area contributed by atoms with Crippen molar-refractivity contribution >= 4 is 5.91 Å². The second-order valence-electron chi connectivity index (χ2n) is 6.36. The fraction of sp³-hybridized carbons (Fsp3) is 0.250. The number of carbonyl (C=O) groups excluding carboxylic acids is 1. The van der Waals surface area contributed by atoms with Crippen molar-refractivity contribution in [2.45, 2.75) is 19.9 Å². The molecule has 1 amide bonds. The Morgan fingerprint density at radius 2 is 1.85 bits per heavy atom. The van der Waals surface area contributed by atoms with E-state index in [9.17, 15) is 9.18 Å². The lowest BCUT2D eigenvalue weighted by Crippen LogP contribution is -2.32. The highest BCUT2D eigenvalue weighted by atomic mass is 19.1. The molecule has 0 aliphatic carbocycles. The van der Waals surface area contributed by atoms with E-state index >= 15 is 0 Å². The molecule has 2 aromatic carbocycles. The maximum atomic E-state index is 13.9. The lowest BCUT2D eigenvalue weighted by Gasteiger charge is -2.18. The molecular formula is C20H20FN3O3. The molecule has 0 fully saturated rings. The molecule has 1 heterocycles. The van der Waals surface area contributed by atoms with Crippen LogP contribution in [0.3, 0.4) is 0 Å². The fourth-order valence-corrected chi connectivity index (χ4v) is 2.60. The number of rotatable bonds is 6. The Morgan fingerprint density at radius 3 is 2.48 bits per heavy atom. The maximum absolute atomic E-state index is 13.9. The molecule has 0 aliphatic rings. The summed E-state index contributed by atoms with van der Waals surface area (Å²) in [4.78, 5) is 16.8. The summed E-state index contributed by atoms with van der Waals surface area (Å²) in [6.07, 6.45) is 0. The van der Waals surface area contributed by atoms with Crippen molar-refractivity contribution < 1.29 is 18.4 Å². The van der Waals surface area contributed by atoms with Crippen molar-refractivity contribution in [2.75, 3.05) is 7.11 Å². The van der Waals surface area contributed by atoms with Crippen LogP contribution in [0.5, 0.6) is 5.75 Å². The van der Waals surface area contributed by atoms with E-state index in [1.54, 1.807) is 25.3 Å². The molecule has 3 rings (SSSR count). The predicted molar refractivity (Wildman–Crippen MR) is 97.7 cm³/mol. The van der Waals surface area contributed by atoms with Crippen molar-refractivity contribution in [1.82, 2.24) is 15.5 Å². The van der Waals surface area contributed by atoms with Crippen molar-refractivity contribution in [1.29, 1.82) is 0 Å². The normalized spacial score (nSPS) is 12.0. The number of nitrogens with zero attached hydrogens (tertiary/aromatic N) is 2. The van der Waals surface area contributed by atoms with Gasteiger partial charge in [-0.25, -0.2) is 4.39 Å². The Hall–Kier alpha value is -3.22. The molecule has 0 radical (unpaired) electrons. The molecule has 1 N–H and O–H groups in total. The van der Waals surface area contributed by atoms with Gasteiger partial charge < -0.3 is 14.6 Å². The monoisotopic (exact) mass is 369 g/mol. The molecule has 0 bridgehead atoms. The minimum atomic E-state index is -0.582. The maximum Gasteiger partial charge on any atom is 0.254 e. The van der Waals surface area contributed by atoms with Crippen LogP contribution < -0.4 is 10.1 Å². The Bertz CT molecular complexity index is 922. The molecule has 140 valence electrons. The van der Waals surface area contributed by atoms with Crippen LogP contribution in [0.2, 0.25) is 0 Å². The van der Waals surface area contributed by atoms with Gasteiger partial charge in [0.05, 0.1) is 12.7 Å². The van der Waals surface area contributed by atoms with Gasteiger partial charge in [-0.3, -0.25) is 4.79 Å². The number of amides is 1. The lowest BCUT2D eigenvalue weighted by atomic mass is 10.0. The number of hydrogen-bond acceptors (Lipinski definition) is 5. The van der Waals surface area contributed by atoms with Crippen molar-refractivity contribution in [2.24, 2.45) is 5.92 Å². The van der Waals surface area contributed by atoms with Crippen LogP contribution in [0.25, 0.3) is 11.4 Å². The first kappa shape index (κ1) is 18.6. The van der Waals surface area contributed by atoms with Crippen molar-refractivity contribution in [3.8, 4) is 17.1 Å². The Morgan fingerprint density at radius 1 is 1.15 bits per heavy atom. The summed E-state index contributed by atoms with van der Waals surface area (Å²) in [7, 11) is 1.59. The molecule has 27 heavy (non-hydrogen) atoms. The Labute approximate surface area is 156 Å². The molecule has 1 atom stereocenters. The molecule has 1 unspecified atom stereocenters. The summed E-state index contributed by atoms with van der Waals surface area (Å²) in [5.74, 6) is 0.237. The van der Waals surface area contributed by atoms with Crippen LogP contribution in [-0.2, 0) is 0 Å². The number of ether oxygens (including phenoxy) is 1. The second-order valence-corrected chi connectivity index (χ2v) is 6.36. The molecule has 7 heteroatoms. The van der Waals surface area contributed by atoms with Crippen LogP contribution in [-0.4, -0.2) is 23.2 Å². The van der Waals surface area contributed by atoms with Crippen molar-refractivity contribution in [3.63, 3.8) is 0 Å². The Kier molecular flexibility index (Phi) is 5.49. The molecule has 3 aromatic rings. The highest BCUT2D eigenvalue weighted by molar-refractivity contribution is 5.94. The van der Waals surface area contributed by atoms with Gasteiger partial charge in [0.15, 0.2) is 0 Å². The van der Waals surface area contributed by atoms with E-state index in [0.29, 0.717) is 5.82 Å². The summed E-state index contributed by atoms with van der Waals surface area (Å²) in [6, 6.07) is 12.5. The minimum Gasteiger partial charge on any atom is -0.497 e. The predicted octanol–water partition coefficient (Wildman–Crippen LogP) is 4.01. The van der Waals surface area contributed by atoms with Gasteiger partial charge >= 0.3 is 0 Å². The van der Waals surface area contributed by atoms with Gasteiger partial charge in [-0.15, -0.1) is 0 Å². The van der Waals surface area contributed by atoms with Crippen LogP contribution >= 0.6 is 0 Å². The number of hydrogen-bond donors (Lipinski definition) is 1. The third-order valence-electron chi connectivity index (χ3n) is 4.13. The average Bonchev–Trinajstić information content (AvgIpc) is 3.16. The van der Waals surface area contributed by atoms with E-state index in [2.05, 4.69) is 15.5 Å². The van der Waals surface area contributed by atoms with E-state index in [4.69, 9.17) is 9.26 Å². The average molecular weight is 369 g/mol. The van der Waals surface area contributed by atoms with Gasteiger partial charge in [-0.05, 0) is 42.3 Å². The number of benzene rings is 2. The smallest absolute Gasteiger partial charge is 0.254 e. The quantitative estimate of drug-likeness (QED) is 0.710. The summed E-state index contributed by atoms with van der Waals surface area (Å²) in [6.45, 7) is 3.81. The van der Waals surface area contributed by atoms with Crippen molar-refractivity contribution in [3.05, 3.63) is 65.8 Å². The highest BCUT2D eigenvalue weighted by Crippen LogP contribution is 2.25. The largest absolute Gasteiger partial charge is 0.497 e. The summed E-state index contributed by atoms with van der Waals surface area (Å²) in [5, 5.41) is 6.77. The number of aromatic nitrogens is 2. The van der Waals surface area contributed by atoms with E-state index < -0.39 is 17.8 Å². The second kappa shape index (κ2) is 7.99. The van der Waals surface area contributed by atoms with Crippen LogP contribution in [0.4, 0.5) is 4.39 Å². The molecule has 1 aromatic heterocycles. The number of halogens is 1. The van der Waals surface area contributed by atoms with Gasteiger partial charge in [0.2, 0.25) is 11.7 Å². The van der Waals surface area contributed by atoms with Gasteiger partial charge in [0.25, 0.3) is 5.91 Å². The number of carbonyl (C=O) groups is 1. The third kappa shape index (κ3) is 4.13. The third-order valence-corrected chi connectivity index (χ3v) is 4.13. The standard InChI is InChI=1S/C20H20FN3O3/c1-12(2)17(22-19(25)15-6-4-5-7-16(15)21)20-23-18(24-27-20)13-8-10-14(26-3)11-9-13/h4-12,17H,1-3H3,(H,22,25). The SMILES string of the molecule is COc1ccc(-c2noc(C(NC(=O)c3ccccc3F)C(C)C)n2)cc1. The highest BCUT2D eigenvalue weighted by Gasteiger charge is 2.26. The van der Waals surface area contributed by atoms with E-state index in [-0.39, 0.29) is 17.4 Å². The van der Waals surface area contributed by atoms with Gasteiger partial charge in [0.1, 0.15) is 17.6 Å². The topological polar surface area (TPSA) is 77.3 Å². The summed E-state index contributed by atoms with van der Waals surface area (Å²) in [5.41, 5.74) is 0.728. The summed E-state index contributed by atoms with van der Waals surface area (Å²) < 4.78 is 24.4. The Balaban J connectivity index is 1.82. The number of methoxy groups -OCH3 is 1. The van der Waals surface area contributed by atoms with E-state index in [0.717, 1.165) is 11.3 Å². The van der Waals surface area contributed by atoms with Crippen LogP contribution in [0, 0.1) is 11.7 Å².